The second-order valence-corrected chi connectivity index (χ2v) is 8.23. The van der Waals surface area contributed by atoms with E-state index in [1.807, 2.05) is 6.33 Å². The van der Waals surface area contributed by atoms with Crippen molar-refractivity contribution < 1.29 is 5.11 Å². The smallest absolute Gasteiger partial charge is 0.226 e. The van der Waals surface area contributed by atoms with Crippen molar-refractivity contribution in [3.8, 4) is 0 Å². The highest BCUT2D eigenvalue weighted by Gasteiger charge is 2.26. The Bertz CT molecular complexity index is 767. The Morgan fingerprint density at radius 3 is 2.67 bits per heavy atom. The third kappa shape index (κ3) is 4.05. The van der Waals surface area contributed by atoms with Crippen LogP contribution < -0.4 is 5.43 Å². The summed E-state index contributed by atoms with van der Waals surface area (Å²) in [6.07, 6.45) is 10.4. The first-order valence-corrected chi connectivity index (χ1v) is 10.6. The molecule has 8 heteroatoms. The van der Waals surface area contributed by atoms with E-state index in [1.54, 1.807) is 0 Å². The van der Waals surface area contributed by atoms with Crippen LogP contribution >= 0.6 is 11.6 Å². The topological polar surface area (TPSA) is 79.1 Å². The number of anilines is 1. The van der Waals surface area contributed by atoms with Crippen molar-refractivity contribution in [1.29, 1.82) is 0 Å². The molecule has 1 aliphatic carbocycles. The monoisotopic (exact) mass is 392 g/mol. The highest BCUT2D eigenvalue weighted by Crippen LogP contribution is 2.33. The lowest BCUT2D eigenvalue weighted by molar-refractivity contribution is 0.0590. The molecule has 2 aromatic rings. The molecule has 0 radical (unpaired) electrons. The van der Waals surface area contributed by atoms with E-state index in [1.165, 1.54) is 25.7 Å². The van der Waals surface area contributed by atoms with Gasteiger partial charge in [0, 0.05) is 19.1 Å². The predicted octanol–water partition coefficient (Wildman–Crippen LogP) is 3.79. The van der Waals surface area contributed by atoms with Gasteiger partial charge in [0.25, 0.3) is 0 Å². The Balaban J connectivity index is 1.48. The van der Waals surface area contributed by atoms with Crippen molar-refractivity contribution in [2.45, 2.75) is 70.4 Å². The number of fused-ring (bicyclic) bond motifs is 1. The molecule has 0 bridgehead atoms. The second-order valence-electron chi connectivity index (χ2n) is 7.90. The predicted molar refractivity (Wildman–Crippen MR) is 107 cm³/mol. The molecule has 0 amide bonds. The minimum Gasteiger partial charge on any atom is -0.393 e. The van der Waals surface area contributed by atoms with Crippen molar-refractivity contribution in [1.82, 2.24) is 24.5 Å². The van der Waals surface area contributed by atoms with Crippen LogP contribution in [0.25, 0.3) is 11.2 Å². The lowest BCUT2D eigenvalue weighted by Gasteiger charge is -2.34. The fraction of sp³-hybridized carbons (Fsp3) is 0.737. The Hall–Kier alpha value is -1.44. The molecule has 1 unspecified atom stereocenters. The van der Waals surface area contributed by atoms with Gasteiger partial charge in [0.15, 0.2) is 17.0 Å². The summed E-state index contributed by atoms with van der Waals surface area (Å²) in [6, 6.07) is 0.463. The Morgan fingerprint density at radius 2 is 1.96 bits per heavy atom. The zero-order valence-corrected chi connectivity index (χ0v) is 16.7. The van der Waals surface area contributed by atoms with E-state index in [0.717, 1.165) is 49.9 Å². The lowest BCUT2D eigenvalue weighted by atomic mass is 9.90. The van der Waals surface area contributed by atoms with Gasteiger partial charge in [-0.25, -0.2) is 9.99 Å². The summed E-state index contributed by atoms with van der Waals surface area (Å²) >= 11 is 6.22. The minimum atomic E-state index is -0.181. The number of aliphatic hydroxyl groups excluding tert-OH is 1. The van der Waals surface area contributed by atoms with Gasteiger partial charge in [-0.15, -0.1) is 0 Å². The molecule has 27 heavy (non-hydrogen) atoms. The SMILES string of the molecule is CCCC(O)C1CCN(Nc2nc(Cl)nc3c2ncn3C2CCCC2)CC1. The van der Waals surface area contributed by atoms with Crippen molar-refractivity contribution in [3.05, 3.63) is 11.6 Å². The van der Waals surface area contributed by atoms with Gasteiger partial charge in [-0.05, 0) is 49.6 Å². The van der Waals surface area contributed by atoms with Crippen LogP contribution in [0.1, 0.15) is 64.3 Å². The molecule has 4 rings (SSSR count). The van der Waals surface area contributed by atoms with E-state index in [2.05, 4.69) is 36.9 Å². The zero-order chi connectivity index (χ0) is 18.8. The van der Waals surface area contributed by atoms with Crippen LogP contribution in [0.2, 0.25) is 5.28 Å². The first-order chi connectivity index (χ1) is 13.2. The number of hydrogen-bond donors (Lipinski definition) is 2. The van der Waals surface area contributed by atoms with Gasteiger partial charge in [0.1, 0.15) is 0 Å². The first-order valence-electron chi connectivity index (χ1n) is 10.3. The number of hydrogen-bond acceptors (Lipinski definition) is 6. The van der Waals surface area contributed by atoms with E-state index in [4.69, 9.17) is 11.6 Å². The molecule has 2 aliphatic rings. The van der Waals surface area contributed by atoms with Gasteiger partial charge in [-0.3, -0.25) is 0 Å². The normalized spacial score (nSPS) is 21.1. The van der Waals surface area contributed by atoms with Crippen LogP contribution in [0.3, 0.4) is 0 Å². The maximum Gasteiger partial charge on any atom is 0.226 e. The average molecular weight is 393 g/mol. The van der Waals surface area contributed by atoms with E-state index in [-0.39, 0.29) is 11.4 Å². The van der Waals surface area contributed by atoms with Gasteiger partial charge < -0.3 is 15.1 Å². The van der Waals surface area contributed by atoms with Crippen molar-refractivity contribution >= 4 is 28.6 Å². The average Bonchev–Trinajstić information content (AvgIpc) is 3.31. The number of imidazole rings is 1. The Morgan fingerprint density at radius 1 is 1.22 bits per heavy atom. The number of piperidine rings is 1. The van der Waals surface area contributed by atoms with Gasteiger partial charge in [-0.1, -0.05) is 26.2 Å². The molecule has 1 saturated carbocycles. The zero-order valence-electron chi connectivity index (χ0n) is 15.9. The molecule has 2 aromatic heterocycles. The summed E-state index contributed by atoms with van der Waals surface area (Å²) in [5.41, 5.74) is 4.99. The molecular weight excluding hydrogens is 364 g/mol. The standard InChI is InChI=1S/C19H29ClN6O/c1-2-5-15(27)13-8-10-25(11-9-13)24-17-16-18(23-19(20)22-17)26(12-21-16)14-6-3-4-7-14/h12-15,27H,2-11H2,1H3,(H,22,23,24). The largest absolute Gasteiger partial charge is 0.393 e. The number of nitrogens with zero attached hydrogens (tertiary/aromatic N) is 5. The van der Waals surface area contributed by atoms with Gasteiger partial charge in [0.2, 0.25) is 5.28 Å². The van der Waals surface area contributed by atoms with E-state index < -0.39 is 0 Å². The van der Waals surface area contributed by atoms with E-state index >= 15 is 0 Å². The van der Waals surface area contributed by atoms with Crippen LogP contribution in [-0.4, -0.2) is 48.8 Å². The molecule has 3 heterocycles. The molecule has 0 aromatic carbocycles. The highest BCUT2D eigenvalue weighted by molar-refractivity contribution is 6.28. The number of aromatic nitrogens is 4. The fourth-order valence-corrected chi connectivity index (χ4v) is 4.66. The Labute approximate surface area is 165 Å². The second kappa shape index (κ2) is 8.29. The fourth-order valence-electron chi connectivity index (χ4n) is 4.49. The van der Waals surface area contributed by atoms with Gasteiger partial charge in [0.05, 0.1) is 12.4 Å². The van der Waals surface area contributed by atoms with Crippen LogP contribution in [0, 0.1) is 5.92 Å². The molecule has 1 atom stereocenters. The van der Waals surface area contributed by atoms with Crippen LogP contribution in [-0.2, 0) is 0 Å². The van der Waals surface area contributed by atoms with Crippen LogP contribution in [0.4, 0.5) is 5.82 Å². The van der Waals surface area contributed by atoms with Crippen molar-refractivity contribution in [3.63, 3.8) is 0 Å². The lowest BCUT2D eigenvalue weighted by Crippen LogP contribution is -2.41. The molecule has 148 valence electrons. The number of rotatable bonds is 6. The molecular formula is C19H29ClN6O. The van der Waals surface area contributed by atoms with Gasteiger partial charge in [-0.2, -0.15) is 9.97 Å². The Kier molecular flexibility index (Phi) is 5.80. The molecule has 1 aliphatic heterocycles. The summed E-state index contributed by atoms with van der Waals surface area (Å²) in [4.78, 5) is 13.4. The number of aliphatic hydroxyl groups is 1. The van der Waals surface area contributed by atoms with Crippen molar-refractivity contribution in [2.24, 2.45) is 5.92 Å². The number of halogens is 1. The number of hydrazine groups is 1. The van der Waals surface area contributed by atoms with Crippen molar-refractivity contribution in [2.75, 3.05) is 18.5 Å². The quantitative estimate of drug-likeness (QED) is 0.728. The van der Waals surface area contributed by atoms with E-state index in [9.17, 15) is 5.11 Å². The molecule has 7 nitrogen and oxygen atoms in total. The molecule has 2 fully saturated rings. The van der Waals surface area contributed by atoms with E-state index in [0.29, 0.717) is 17.8 Å². The molecule has 1 saturated heterocycles. The highest BCUT2D eigenvalue weighted by atomic mass is 35.5. The summed E-state index contributed by atoms with van der Waals surface area (Å²) in [7, 11) is 0. The summed E-state index contributed by atoms with van der Waals surface area (Å²) in [6.45, 7) is 3.87. The third-order valence-electron chi connectivity index (χ3n) is 6.04. The third-order valence-corrected chi connectivity index (χ3v) is 6.21. The maximum absolute atomic E-state index is 10.2. The summed E-state index contributed by atoms with van der Waals surface area (Å²) < 4.78 is 2.16. The molecule has 0 spiro atoms. The summed E-state index contributed by atoms with van der Waals surface area (Å²) in [5, 5.41) is 12.6. The van der Waals surface area contributed by atoms with Crippen LogP contribution in [0.5, 0.6) is 0 Å². The minimum absolute atomic E-state index is 0.181. The number of nitrogens with one attached hydrogen (secondary N) is 1. The maximum atomic E-state index is 10.2. The molecule has 2 N–H and O–H groups in total. The van der Waals surface area contributed by atoms with Crippen LogP contribution in [0.15, 0.2) is 6.33 Å². The van der Waals surface area contributed by atoms with Gasteiger partial charge >= 0.3 is 0 Å². The first kappa shape index (κ1) is 18.9. The summed E-state index contributed by atoms with van der Waals surface area (Å²) in [5.74, 6) is 1.06.